The number of hydrogen-bond acceptors (Lipinski definition) is 4. The lowest BCUT2D eigenvalue weighted by atomic mass is 10.3. The summed E-state index contributed by atoms with van der Waals surface area (Å²) >= 11 is 4.35. The maximum absolute atomic E-state index is 4.35. The van der Waals surface area contributed by atoms with Crippen molar-refractivity contribution in [1.29, 1.82) is 0 Å². The van der Waals surface area contributed by atoms with Crippen molar-refractivity contribution >= 4 is 23.1 Å². The van der Waals surface area contributed by atoms with Gasteiger partial charge < -0.3 is 0 Å². The molecule has 0 atom stereocenters. The van der Waals surface area contributed by atoms with Crippen LogP contribution in [0.1, 0.15) is 0 Å². The fourth-order valence-corrected chi connectivity index (χ4v) is 0.682. The number of hydrazine groups is 1. The van der Waals surface area contributed by atoms with Crippen molar-refractivity contribution in [2.45, 2.75) is 0 Å². The van der Waals surface area contributed by atoms with E-state index in [1.165, 1.54) is 0 Å². The summed E-state index contributed by atoms with van der Waals surface area (Å²) in [5.74, 6) is 0. The maximum Gasteiger partial charge on any atom is 0.0864 e. The highest BCUT2D eigenvalue weighted by Gasteiger charge is 1.82. The lowest BCUT2D eigenvalue weighted by Gasteiger charge is -2.01. The summed E-state index contributed by atoms with van der Waals surface area (Å²) in [7, 11) is 0. The van der Waals surface area contributed by atoms with E-state index in [4.69, 9.17) is 0 Å². The molecule has 4 heteroatoms. The van der Waals surface area contributed by atoms with Crippen LogP contribution in [0.15, 0.2) is 35.4 Å². The number of hydrazone groups is 1. The molecular weight excluding hydrogens is 158 g/mol. The van der Waals surface area contributed by atoms with Gasteiger partial charge in [-0.05, 0) is 24.4 Å². The molecule has 0 heterocycles. The topological polar surface area (TPSA) is 36.4 Å². The van der Waals surface area contributed by atoms with Gasteiger partial charge in [-0.2, -0.15) is 0 Å². The van der Waals surface area contributed by atoms with E-state index in [1.54, 1.807) is 0 Å². The molecule has 3 nitrogen and oxygen atoms in total. The van der Waals surface area contributed by atoms with Gasteiger partial charge in [0.15, 0.2) is 0 Å². The van der Waals surface area contributed by atoms with E-state index in [0.717, 1.165) is 5.69 Å². The average molecular weight is 165 g/mol. The number of para-hydroxylation sites is 1. The van der Waals surface area contributed by atoms with Crippen LogP contribution in [0, 0.1) is 0 Å². The Kier molecular flexibility index (Phi) is 3.12. The summed E-state index contributed by atoms with van der Waals surface area (Å²) < 4.78 is 0. The zero-order chi connectivity index (χ0) is 7.94. The molecule has 0 radical (unpaired) electrons. The molecule has 2 N–H and O–H groups in total. The third-order valence-electron chi connectivity index (χ3n) is 1.08. The minimum Gasteiger partial charge on any atom is -0.285 e. The SMILES string of the molecule is S=C=NNNc1ccccc1. The Bertz CT molecular complexity index is 254. The van der Waals surface area contributed by atoms with Gasteiger partial charge in [0.25, 0.3) is 0 Å². The Morgan fingerprint density at radius 2 is 2.00 bits per heavy atom. The van der Waals surface area contributed by atoms with Crippen LogP contribution in [0.25, 0.3) is 0 Å². The van der Waals surface area contributed by atoms with Gasteiger partial charge in [-0.1, -0.05) is 18.2 Å². The predicted octanol–water partition coefficient (Wildman–Crippen LogP) is 1.62. The van der Waals surface area contributed by atoms with E-state index in [9.17, 15) is 0 Å². The molecule has 0 aliphatic heterocycles. The summed E-state index contributed by atoms with van der Waals surface area (Å²) in [6.07, 6.45) is 0. The minimum absolute atomic E-state index is 0.932. The molecule has 0 unspecified atom stereocenters. The van der Waals surface area contributed by atoms with Crippen LogP contribution in [0.2, 0.25) is 0 Å². The molecule has 0 saturated heterocycles. The van der Waals surface area contributed by atoms with Crippen LogP contribution in [0.3, 0.4) is 0 Å². The van der Waals surface area contributed by atoms with Crippen molar-refractivity contribution < 1.29 is 0 Å². The van der Waals surface area contributed by atoms with E-state index in [2.05, 4.69) is 33.4 Å². The smallest absolute Gasteiger partial charge is 0.0864 e. The number of rotatable bonds is 3. The second-order valence-corrected chi connectivity index (χ2v) is 1.99. The van der Waals surface area contributed by atoms with E-state index >= 15 is 0 Å². The number of nitrogens with one attached hydrogen (secondary N) is 2. The highest BCUT2D eigenvalue weighted by Crippen LogP contribution is 2.01. The first-order valence-electron chi connectivity index (χ1n) is 3.06. The van der Waals surface area contributed by atoms with Crippen LogP contribution in [-0.2, 0) is 0 Å². The first-order chi connectivity index (χ1) is 5.43. The van der Waals surface area contributed by atoms with Crippen molar-refractivity contribution in [3.63, 3.8) is 0 Å². The molecule has 0 aliphatic carbocycles. The van der Waals surface area contributed by atoms with Gasteiger partial charge >= 0.3 is 0 Å². The number of isothiocyanates is 1. The Morgan fingerprint density at radius 3 is 2.64 bits per heavy atom. The molecule has 0 fully saturated rings. The third-order valence-corrected chi connectivity index (χ3v) is 1.17. The van der Waals surface area contributed by atoms with Crippen molar-refractivity contribution in [3.05, 3.63) is 30.3 Å². The fourth-order valence-electron chi connectivity index (χ4n) is 0.637. The van der Waals surface area contributed by atoms with Gasteiger partial charge in [-0.15, -0.1) is 5.10 Å². The second kappa shape index (κ2) is 4.44. The van der Waals surface area contributed by atoms with Crippen molar-refractivity contribution in [1.82, 2.24) is 5.53 Å². The molecule has 1 aromatic rings. The molecule has 1 aromatic carbocycles. The highest BCUT2D eigenvalue weighted by atomic mass is 32.1. The fraction of sp³-hybridized carbons (Fsp3) is 0. The zero-order valence-electron chi connectivity index (χ0n) is 5.74. The summed E-state index contributed by atoms with van der Waals surface area (Å²) in [4.78, 5) is 0. The Labute approximate surface area is 70.1 Å². The normalized spacial score (nSPS) is 8.00. The van der Waals surface area contributed by atoms with Crippen LogP contribution in [0.4, 0.5) is 5.69 Å². The monoisotopic (exact) mass is 165 g/mol. The van der Waals surface area contributed by atoms with Gasteiger partial charge in [-0.3, -0.25) is 5.43 Å². The first-order valence-corrected chi connectivity index (χ1v) is 3.47. The van der Waals surface area contributed by atoms with E-state index < -0.39 is 0 Å². The predicted molar refractivity (Wildman–Crippen MR) is 48.2 cm³/mol. The van der Waals surface area contributed by atoms with Crippen molar-refractivity contribution in [2.24, 2.45) is 5.10 Å². The standard InChI is InChI=1S/C7H7N3S/c11-6-8-10-9-7-4-2-1-3-5-7/h1-5,9-10H. The van der Waals surface area contributed by atoms with Gasteiger partial charge in [-0.25, -0.2) is 5.53 Å². The Morgan fingerprint density at radius 1 is 1.27 bits per heavy atom. The lowest BCUT2D eigenvalue weighted by molar-refractivity contribution is 0.887. The highest BCUT2D eigenvalue weighted by molar-refractivity contribution is 7.78. The summed E-state index contributed by atoms with van der Waals surface area (Å²) in [6, 6.07) is 9.60. The maximum atomic E-state index is 4.35. The molecule has 1 rings (SSSR count). The second-order valence-electron chi connectivity index (χ2n) is 1.81. The molecule has 0 spiro atoms. The molecule has 0 bridgehead atoms. The van der Waals surface area contributed by atoms with Crippen molar-refractivity contribution in [3.8, 4) is 0 Å². The molecule has 56 valence electrons. The Balaban J connectivity index is 2.45. The number of thiocarbonyl (C=S) groups is 1. The number of anilines is 1. The molecule has 0 aliphatic rings. The Hall–Kier alpha value is -1.38. The summed E-state index contributed by atoms with van der Waals surface area (Å²) in [5.41, 5.74) is 6.24. The average Bonchev–Trinajstić information content (AvgIpc) is 2.07. The molecule has 0 saturated carbocycles. The van der Waals surface area contributed by atoms with E-state index in [-0.39, 0.29) is 0 Å². The van der Waals surface area contributed by atoms with Gasteiger partial charge in [0.2, 0.25) is 0 Å². The van der Waals surface area contributed by atoms with Crippen LogP contribution >= 0.6 is 12.2 Å². The van der Waals surface area contributed by atoms with E-state index in [0.29, 0.717) is 0 Å². The number of nitrogens with zero attached hydrogens (tertiary/aromatic N) is 1. The molecule has 11 heavy (non-hydrogen) atoms. The van der Waals surface area contributed by atoms with E-state index in [1.807, 2.05) is 30.3 Å². The van der Waals surface area contributed by atoms with Gasteiger partial charge in [0.05, 0.1) is 10.8 Å². The molecular formula is C7H7N3S. The number of benzene rings is 1. The van der Waals surface area contributed by atoms with Crippen LogP contribution < -0.4 is 11.0 Å². The van der Waals surface area contributed by atoms with Crippen LogP contribution in [-0.4, -0.2) is 5.16 Å². The quantitative estimate of drug-likeness (QED) is 0.406. The number of hydrogen-bond donors (Lipinski definition) is 2. The summed E-state index contributed by atoms with van der Waals surface area (Å²) in [6.45, 7) is 0. The molecule has 0 amide bonds. The molecule has 0 aromatic heterocycles. The largest absolute Gasteiger partial charge is 0.285 e. The third kappa shape index (κ3) is 2.80. The zero-order valence-corrected chi connectivity index (χ0v) is 6.56. The minimum atomic E-state index is 0.932. The summed E-state index contributed by atoms with van der Waals surface area (Å²) in [5, 5.41) is 5.64. The van der Waals surface area contributed by atoms with Crippen molar-refractivity contribution in [2.75, 3.05) is 5.43 Å². The van der Waals surface area contributed by atoms with Gasteiger partial charge in [0.1, 0.15) is 0 Å². The lowest BCUT2D eigenvalue weighted by Crippen LogP contribution is -2.13. The van der Waals surface area contributed by atoms with Crippen LogP contribution in [0.5, 0.6) is 0 Å². The first kappa shape index (κ1) is 7.72. The van der Waals surface area contributed by atoms with Gasteiger partial charge in [0, 0.05) is 0 Å².